The molecule has 0 bridgehead atoms. The highest BCUT2D eigenvalue weighted by Gasteiger charge is 2.28. The molecule has 16 heavy (non-hydrogen) atoms. The lowest BCUT2D eigenvalue weighted by atomic mass is 9.93. The van der Waals surface area contributed by atoms with Crippen LogP contribution in [0.4, 0.5) is 0 Å². The Morgan fingerprint density at radius 2 is 1.88 bits per heavy atom. The Balaban J connectivity index is 2.01. The van der Waals surface area contributed by atoms with E-state index in [0.29, 0.717) is 4.58 Å². The summed E-state index contributed by atoms with van der Waals surface area (Å²) in [5, 5.41) is 10.5. The third-order valence-corrected chi connectivity index (χ3v) is 5.80. The van der Waals surface area contributed by atoms with Crippen LogP contribution in [-0.2, 0) is 5.60 Å². The van der Waals surface area contributed by atoms with Gasteiger partial charge in [-0.3, -0.25) is 0 Å². The second kappa shape index (κ2) is 5.48. The summed E-state index contributed by atoms with van der Waals surface area (Å²) in [7, 11) is 0. The average Bonchev–Trinajstić information content (AvgIpc) is 2.31. The highest BCUT2D eigenvalue weighted by Crippen LogP contribution is 2.39. The largest absolute Gasteiger partial charge is 0.385 e. The van der Waals surface area contributed by atoms with E-state index >= 15 is 0 Å². The molecule has 1 aliphatic rings. The van der Waals surface area contributed by atoms with Gasteiger partial charge in [0, 0.05) is 6.42 Å². The van der Waals surface area contributed by atoms with Gasteiger partial charge >= 0.3 is 0 Å². The van der Waals surface area contributed by atoms with Gasteiger partial charge in [0.05, 0.1) is 10.2 Å². The first kappa shape index (κ1) is 12.3. The van der Waals surface area contributed by atoms with Crippen LogP contribution in [0.5, 0.6) is 0 Å². The molecule has 1 aliphatic heterocycles. The zero-order valence-electron chi connectivity index (χ0n) is 9.56. The van der Waals surface area contributed by atoms with Gasteiger partial charge in [0.2, 0.25) is 0 Å². The van der Waals surface area contributed by atoms with Gasteiger partial charge in [0.1, 0.15) is 0 Å². The normalized spacial score (nSPS) is 21.6. The molecule has 0 spiro atoms. The monoisotopic (exact) mass is 254 g/mol. The summed E-state index contributed by atoms with van der Waals surface area (Å²) in [4.78, 5) is 0. The first-order valence-electron chi connectivity index (χ1n) is 5.69. The zero-order valence-corrected chi connectivity index (χ0v) is 11.2. The van der Waals surface area contributed by atoms with Crippen molar-refractivity contribution in [2.75, 3.05) is 11.5 Å². The highest BCUT2D eigenvalue weighted by atomic mass is 32.2. The van der Waals surface area contributed by atoms with E-state index in [2.05, 4.69) is 0 Å². The number of aliphatic hydroxyl groups is 1. The topological polar surface area (TPSA) is 20.2 Å². The summed E-state index contributed by atoms with van der Waals surface area (Å²) in [6.07, 6.45) is 2.14. The molecule has 1 aromatic rings. The van der Waals surface area contributed by atoms with Crippen LogP contribution >= 0.6 is 23.5 Å². The Kier molecular flexibility index (Phi) is 4.22. The quantitative estimate of drug-likeness (QED) is 0.892. The van der Waals surface area contributed by atoms with Gasteiger partial charge < -0.3 is 5.11 Å². The molecule has 3 heteroatoms. The molecular weight excluding hydrogens is 236 g/mol. The summed E-state index contributed by atoms with van der Waals surface area (Å²) < 4.78 is 0.545. The summed E-state index contributed by atoms with van der Waals surface area (Å²) in [5.41, 5.74) is 0.338. The highest BCUT2D eigenvalue weighted by molar-refractivity contribution is 8.17. The van der Waals surface area contributed by atoms with Gasteiger partial charge in [-0.05, 0) is 30.4 Å². The molecule has 0 saturated carbocycles. The minimum Gasteiger partial charge on any atom is -0.385 e. The van der Waals surface area contributed by atoms with E-state index < -0.39 is 5.60 Å². The van der Waals surface area contributed by atoms with E-state index in [4.69, 9.17) is 0 Å². The molecule has 2 rings (SSSR count). The Labute approximate surface area is 106 Å². The van der Waals surface area contributed by atoms with Crippen molar-refractivity contribution in [1.29, 1.82) is 0 Å². The number of benzene rings is 1. The van der Waals surface area contributed by atoms with Crippen LogP contribution in [0.15, 0.2) is 30.3 Å². The summed E-state index contributed by atoms with van der Waals surface area (Å²) >= 11 is 3.98. The van der Waals surface area contributed by atoms with E-state index in [1.165, 1.54) is 17.9 Å². The molecule has 0 aliphatic carbocycles. The predicted molar refractivity (Wildman–Crippen MR) is 74.0 cm³/mol. The predicted octanol–water partition coefficient (Wildman–Crippen LogP) is 3.48. The smallest absolute Gasteiger partial charge is 0.0887 e. The lowest BCUT2D eigenvalue weighted by Gasteiger charge is -2.30. The molecule has 0 aromatic heterocycles. The number of hydrogen-bond acceptors (Lipinski definition) is 3. The molecule has 88 valence electrons. The Hall–Kier alpha value is -0.120. The van der Waals surface area contributed by atoms with Gasteiger partial charge in [-0.2, -0.15) is 0 Å². The van der Waals surface area contributed by atoms with Crippen molar-refractivity contribution < 1.29 is 5.11 Å². The van der Waals surface area contributed by atoms with Crippen LogP contribution < -0.4 is 0 Å². The second-order valence-corrected chi connectivity index (χ2v) is 7.29. The standard InChI is InChI=1S/C13H18OS2/c1-13(14,11-6-3-2-4-7-11)10-12-15-8-5-9-16-12/h2-4,6-7,12,14H,5,8-10H2,1H3. The van der Waals surface area contributed by atoms with Crippen molar-refractivity contribution in [3.63, 3.8) is 0 Å². The number of hydrogen-bond donors (Lipinski definition) is 1. The van der Waals surface area contributed by atoms with Gasteiger partial charge in [-0.15, -0.1) is 23.5 Å². The molecule has 1 atom stereocenters. The van der Waals surface area contributed by atoms with Crippen molar-refractivity contribution in [3.8, 4) is 0 Å². The van der Waals surface area contributed by atoms with Crippen molar-refractivity contribution in [2.24, 2.45) is 0 Å². The van der Waals surface area contributed by atoms with E-state index in [1.807, 2.05) is 60.8 Å². The Morgan fingerprint density at radius 1 is 1.25 bits per heavy atom. The maximum absolute atomic E-state index is 10.5. The minimum atomic E-state index is -0.691. The first-order valence-corrected chi connectivity index (χ1v) is 7.79. The van der Waals surface area contributed by atoms with Crippen LogP contribution in [0, 0.1) is 0 Å². The summed E-state index contributed by atoms with van der Waals surface area (Å²) in [6.45, 7) is 1.93. The van der Waals surface area contributed by atoms with Crippen LogP contribution in [0.3, 0.4) is 0 Å². The van der Waals surface area contributed by atoms with Crippen molar-refractivity contribution in [1.82, 2.24) is 0 Å². The number of thioether (sulfide) groups is 2. The second-order valence-electron chi connectivity index (χ2n) is 4.37. The molecule has 0 radical (unpaired) electrons. The third-order valence-electron chi connectivity index (χ3n) is 2.86. The molecule has 1 fully saturated rings. The fourth-order valence-corrected chi connectivity index (χ4v) is 5.07. The lowest BCUT2D eigenvalue weighted by Crippen LogP contribution is -2.26. The van der Waals surface area contributed by atoms with E-state index in [0.717, 1.165) is 12.0 Å². The molecule has 0 amide bonds. The summed E-state index contributed by atoms with van der Waals surface area (Å²) in [5.74, 6) is 2.48. The minimum absolute atomic E-state index is 0.545. The van der Waals surface area contributed by atoms with E-state index in [-0.39, 0.29) is 0 Å². The molecule has 1 heterocycles. The van der Waals surface area contributed by atoms with Crippen LogP contribution in [0.25, 0.3) is 0 Å². The van der Waals surface area contributed by atoms with Gasteiger partial charge in [-0.1, -0.05) is 30.3 Å². The van der Waals surface area contributed by atoms with Crippen molar-refractivity contribution in [2.45, 2.75) is 29.9 Å². The van der Waals surface area contributed by atoms with Crippen LogP contribution in [0.1, 0.15) is 25.3 Å². The average molecular weight is 254 g/mol. The molecule has 1 unspecified atom stereocenters. The molecular formula is C13H18OS2. The van der Waals surface area contributed by atoms with Crippen LogP contribution in [0.2, 0.25) is 0 Å². The molecule has 1 saturated heterocycles. The van der Waals surface area contributed by atoms with Gasteiger partial charge in [0.15, 0.2) is 0 Å². The first-order chi connectivity index (χ1) is 7.68. The molecule has 1 aromatic carbocycles. The van der Waals surface area contributed by atoms with Crippen molar-refractivity contribution in [3.05, 3.63) is 35.9 Å². The Morgan fingerprint density at radius 3 is 2.50 bits per heavy atom. The number of rotatable bonds is 3. The SMILES string of the molecule is CC(O)(CC1SCCCS1)c1ccccc1. The Bertz CT molecular complexity index is 318. The van der Waals surface area contributed by atoms with E-state index in [1.54, 1.807) is 0 Å². The van der Waals surface area contributed by atoms with Crippen LogP contribution in [-0.4, -0.2) is 21.2 Å². The fourth-order valence-electron chi connectivity index (χ4n) is 1.89. The maximum Gasteiger partial charge on any atom is 0.0887 e. The third kappa shape index (κ3) is 3.19. The van der Waals surface area contributed by atoms with E-state index in [9.17, 15) is 5.11 Å². The zero-order chi connectivity index (χ0) is 11.4. The maximum atomic E-state index is 10.5. The van der Waals surface area contributed by atoms with Gasteiger partial charge in [0.25, 0.3) is 0 Å². The fraction of sp³-hybridized carbons (Fsp3) is 0.538. The van der Waals surface area contributed by atoms with Crippen molar-refractivity contribution >= 4 is 23.5 Å². The van der Waals surface area contributed by atoms with Gasteiger partial charge in [-0.25, -0.2) is 0 Å². The molecule has 1 N–H and O–H groups in total. The molecule has 1 nitrogen and oxygen atoms in total. The summed E-state index contributed by atoms with van der Waals surface area (Å²) in [6, 6.07) is 10.00. The lowest BCUT2D eigenvalue weighted by molar-refractivity contribution is 0.0524.